The van der Waals surface area contributed by atoms with Gasteiger partial charge < -0.3 is 42.7 Å². The van der Waals surface area contributed by atoms with Gasteiger partial charge in [0.15, 0.2) is 0 Å². The Bertz CT molecular complexity index is 951. The predicted octanol–water partition coefficient (Wildman–Crippen LogP) is -1.51. The van der Waals surface area contributed by atoms with E-state index in [1.165, 1.54) is 19.1 Å². The highest BCUT2D eigenvalue weighted by molar-refractivity contribution is 5.94. The Balaban J connectivity index is 2.92. The number of nitrogens with one attached hydrogen (secondary N) is 3. The molecule has 0 aromatic heterocycles. The minimum absolute atomic E-state index is 0.0478. The lowest BCUT2D eigenvalue weighted by Crippen LogP contribution is -2.60. The number of aliphatic carboxylic acids is 1. The van der Waals surface area contributed by atoms with Crippen molar-refractivity contribution >= 4 is 29.6 Å². The summed E-state index contributed by atoms with van der Waals surface area (Å²) in [6, 6.07) is 1.02. The molecule has 37 heavy (non-hydrogen) atoms. The second-order valence-corrected chi connectivity index (χ2v) is 9.30. The summed E-state index contributed by atoms with van der Waals surface area (Å²) in [5.74, 6) is -4.54. The fourth-order valence-corrected chi connectivity index (χ4v) is 3.42. The summed E-state index contributed by atoms with van der Waals surface area (Å²) >= 11 is 0. The van der Waals surface area contributed by atoms with E-state index in [2.05, 4.69) is 16.0 Å². The molecule has 5 atom stereocenters. The van der Waals surface area contributed by atoms with Crippen LogP contribution in [0.3, 0.4) is 0 Å². The van der Waals surface area contributed by atoms with Crippen LogP contribution in [0.4, 0.5) is 0 Å². The van der Waals surface area contributed by atoms with Crippen LogP contribution < -0.4 is 27.4 Å². The monoisotopic (exact) mass is 523 g/mol. The predicted molar refractivity (Wildman–Crippen MR) is 133 cm³/mol. The average molecular weight is 524 g/mol. The number of carboxylic acids is 1. The largest absolute Gasteiger partial charge is 0.508 e. The van der Waals surface area contributed by atoms with E-state index in [0.717, 1.165) is 0 Å². The Labute approximate surface area is 215 Å². The molecule has 10 N–H and O–H groups in total. The highest BCUT2D eigenvalue weighted by Gasteiger charge is 2.33. The molecule has 1 aromatic carbocycles. The number of hydrogen-bond donors (Lipinski definition) is 8. The summed E-state index contributed by atoms with van der Waals surface area (Å²) in [5.41, 5.74) is 11.7. The molecule has 0 saturated carbocycles. The third-order valence-corrected chi connectivity index (χ3v) is 5.43. The zero-order valence-corrected chi connectivity index (χ0v) is 21.1. The smallest absolute Gasteiger partial charge is 0.326 e. The lowest BCUT2D eigenvalue weighted by molar-refractivity contribution is -0.143. The van der Waals surface area contributed by atoms with E-state index in [-0.39, 0.29) is 37.4 Å². The Morgan fingerprint density at radius 3 is 1.95 bits per heavy atom. The van der Waals surface area contributed by atoms with Gasteiger partial charge >= 0.3 is 5.97 Å². The lowest BCUT2D eigenvalue weighted by atomic mass is 10.0. The first-order valence-corrected chi connectivity index (χ1v) is 11.8. The molecule has 1 aromatic rings. The molecule has 4 amide bonds. The van der Waals surface area contributed by atoms with Crippen molar-refractivity contribution in [3.63, 3.8) is 0 Å². The summed E-state index contributed by atoms with van der Waals surface area (Å²) < 4.78 is 0. The molecule has 13 nitrogen and oxygen atoms in total. The lowest BCUT2D eigenvalue weighted by Gasteiger charge is -2.27. The first-order valence-electron chi connectivity index (χ1n) is 11.8. The van der Waals surface area contributed by atoms with Gasteiger partial charge in [-0.2, -0.15) is 0 Å². The number of nitrogens with two attached hydrogens (primary N) is 2. The van der Waals surface area contributed by atoms with Crippen molar-refractivity contribution in [3.8, 4) is 5.75 Å². The molecule has 1 rings (SSSR count). The normalized spacial score (nSPS) is 15.1. The van der Waals surface area contributed by atoms with Gasteiger partial charge in [-0.05, 0) is 49.8 Å². The van der Waals surface area contributed by atoms with Gasteiger partial charge in [-0.25, -0.2) is 4.79 Å². The molecule has 206 valence electrons. The van der Waals surface area contributed by atoms with Crippen molar-refractivity contribution in [2.45, 2.75) is 76.7 Å². The number of hydrogen-bond acceptors (Lipinski definition) is 8. The van der Waals surface area contributed by atoms with Crippen LogP contribution in [0.2, 0.25) is 0 Å². The number of carboxylic acid groups (broad SMARTS) is 1. The number of aliphatic hydroxyl groups is 1. The third-order valence-electron chi connectivity index (χ3n) is 5.43. The van der Waals surface area contributed by atoms with Crippen LogP contribution in [0.1, 0.15) is 45.6 Å². The number of rotatable bonds is 15. The number of aromatic hydroxyl groups is 1. The van der Waals surface area contributed by atoms with Crippen LogP contribution in [0.5, 0.6) is 5.75 Å². The summed E-state index contributed by atoms with van der Waals surface area (Å²) in [7, 11) is 0. The Morgan fingerprint density at radius 1 is 0.892 bits per heavy atom. The number of benzene rings is 1. The molecule has 0 saturated heterocycles. The van der Waals surface area contributed by atoms with Gasteiger partial charge in [0.25, 0.3) is 0 Å². The Morgan fingerprint density at radius 2 is 1.46 bits per heavy atom. The van der Waals surface area contributed by atoms with Gasteiger partial charge in [-0.15, -0.1) is 0 Å². The van der Waals surface area contributed by atoms with Gasteiger partial charge in [0.2, 0.25) is 23.6 Å². The highest BCUT2D eigenvalue weighted by atomic mass is 16.4. The van der Waals surface area contributed by atoms with E-state index in [9.17, 15) is 39.3 Å². The van der Waals surface area contributed by atoms with E-state index in [1.54, 1.807) is 12.1 Å². The van der Waals surface area contributed by atoms with Crippen molar-refractivity contribution in [3.05, 3.63) is 29.8 Å². The molecule has 13 heteroatoms. The maximum absolute atomic E-state index is 13.0. The van der Waals surface area contributed by atoms with E-state index in [1.807, 2.05) is 13.8 Å². The summed E-state index contributed by atoms with van der Waals surface area (Å²) in [6.07, 6.45) is -1.66. The Kier molecular flexibility index (Phi) is 12.5. The van der Waals surface area contributed by atoms with Crippen molar-refractivity contribution < 1.29 is 39.3 Å². The number of primary amides is 1. The van der Waals surface area contributed by atoms with Gasteiger partial charge in [0.05, 0.1) is 12.1 Å². The molecule has 0 aliphatic rings. The van der Waals surface area contributed by atoms with E-state index in [4.69, 9.17) is 11.5 Å². The molecule has 0 fully saturated rings. The van der Waals surface area contributed by atoms with Crippen LogP contribution in [0.15, 0.2) is 24.3 Å². The fourth-order valence-electron chi connectivity index (χ4n) is 3.42. The highest BCUT2D eigenvalue weighted by Crippen LogP contribution is 2.12. The molecule has 0 aliphatic carbocycles. The summed E-state index contributed by atoms with van der Waals surface area (Å²) in [6.45, 7) is 4.86. The number of aliphatic hydroxyl groups excluding tert-OH is 1. The third kappa shape index (κ3) is 11.3. The Hall–Kier alpha value is -3.71. The number of phenols is 1. The molecular formula is C24H37N5O8. The molecule has 0 heterocycles. The number of amides is 4. The zero-order chi connectivity index (χ0) is 28.3. The fraction of sp³-hybridized carbons (Fsp3) is 0.542. The van der Waals surface area contributed by atoms with Crippen LogP contribution in [-0.4, -0.2) is 75.2 Å². The van der Waals surface area contributed by atoms with Crippen LogP contribution in [0.25, 0.3) is 0 Å². The average Bonchev–Trinajstić information content (AvgIpc) is 2.79. The van der Waals surface area contributed by atoms with Gasteiger partial charge in [0.1, 0.15) is 23.9 Å². The van der Waals surface area contributed by atoms with E-state index >= 15 is 0 Å². The SMILES string of the molecule is CC(C)CC(NC(=O)C(N)Cc1ccc(O)cc1)C(=O)NC(C(=O)NC(CCC(N)=O)C(=O)O)C(C)O. The molecule has 0 aliphatic heterocycles. The molecule has 0 radical (unpaired) electrons. The minimum Gasteiger partial charge on any atom is -0.508 e. The van der Waals surface area contributed by atoms with Crippen molar-refractivity contribution in [1.82, 2.24) is 16.0 Å². The van der Waals surface area contributed by atoms with Crippen LogP contribution in [0, 0.1) is 5.92 Å². The van der Waals surface area contributed by atoms with Crippen LogP contribution in [-0.2, 0) is 30.4 Å². The van der Waals surface area contributed by atoms with Crippen molar-refractivity contribution in [1.29, 1.82) is 0 Å². The minimum atomic E-state index is -1.54. The first-order chi connectivity index (χ1) is 17.2. The topological polar surface area (TPSA) is 234 Å². The maximum atomic E-state index is 13.0. The van der Waals surface area contributed by atoms with Crippen molar-refractivity contribution in [2.24, 2.45) is 17.4 Å². The number of carbonyl (C=O) groups excluding carboxylic acids is 4. The number of carbonyl (C=O) groups is 5. The summed E-state index contributed by atoms with van der Waals surface area (Å²) in [4.78, 5) is 60.8. The van der Waals surface area contributed by atoms with Gasteiger partial charge in [-0.1, -0.05) is 26.0 Å². The van der Waals surface area contributed by atoms with Crippen molar-refractivity contribution in [2.75, 3.05) is 0 Å². The second kappa shape index (κ2) is 14.8. The summed E-state index contributed by atoms with van der Waals surface area (Å²) in [5, 5.41) is 35.9. The van der Waals surface area contributed by atoms with E-state index < -0.39 is 59.9 Å². The first kappa shape index (κ1) is 31.3. The van der Waals surface area contributed by atoms with Crippen LogP contribution >= 0.6 is 0 Å². The zero-order valence-electron chi connectivity index (χ0n) is 21.1. The number of phenolic OH excluding ortho intramolecular Hbond substituents is 1. The van der Waals surface area contributed by atoms with Gasteiger partial charge in [0, 0.05) is 6.42 Å². The van der Waals surface area contributed by atoms with Gasteiger partial charge in [-0.3, -0.25) is 19.2 Å². The standard InChI is InChI=1S/C24H37N5O8/c1-12(2)10-18(28-21(33)16(25)11-14-4-6-15(31)7-5-14)22(34)29-20(13(3)30)23(35)27-17(24(36)37)8-9-19(26)32/h4-7,12-13,16-18,20,30-31H,8-11,25H2,1-3H3,(H2,26,32)(H,27,35)(H,28,33)(H,29,34)(H,36,37). The second-order valence-electron chi connectivity index (χ2n) is 9.30. The molecule has 0 spiro atoms. The maximum Gasteiger partial charge on any atom is 0.326 e. The van der Waals surface area contributed by atoms with E-state index in [0.29, 0.717) is 5.56 Å². The molecule has 0 bridgehead atoms. The molecular weight excluding hydrogens is 486 g/mol. The molecule has 5 unspecified atom stereocenters. The quantitative estimate of drug-likeness (QED) is 0.133.